The zero-order valence-corrected chi connectivity index (χ0v) is 31.4. The highest BCUT2D eigenvalue weighted by molar-refractivity contribution is 5.91. The molecule has 282 valence electrons. The van der Waals surface area contributed by atoms with Gasteiger partial charge in [-0.05, 0) is 72.6 Å². The molecule has 2 saturated heterocycles. The molecule has 3 heterocycles. The summed E-state index contributed by atoms with van der Waals surface area (Å²) in [5.74, 6) is 0.653. The maximum absolute atomic E-state index is 14.2. The highest BCUT2D eigenvalue weighted by Gasteiger charge is 2.35. The van der Waals surface area contributed by atoms with Gasteiger partial charge in [-0.3, -0.25) is 9.69 Å². The Morgan fingerprint density at radius 2 is 1.37 bits per heavy atom. The van der Waals surface area contributed by atoms with Crippen molar-refractivity contribution in [3.63, 3.8) is 0 Å². The normalized spacial score (nSPS) is 17.3. The molecule has 10 heteroatoms. The number of anilines is 1. The average molecular weight is 730 g/mol. The van der Waals surface area contributed by atoms with Crippen molar-refractivity contribution in [1.29, 1.82) is 0 Å². The molecule has 4 amide bonds. The number of hydrogen-bond donors (Lipinski definition) is 1. The van der Waals surface area contributed by atoms with Gasteiger partial charge in [0.05, 0.1) is 0 Å². The number of amides is 4. The molecule has 3 aliphatic rings. The van der Waals surface area contributed by atoms with Crippen molar-refractivity contribution in [2.45, 2.75) is 64.8 Å². The van der Waals surface area contributed by atoms with Gasteiger partial charge in [-0.25, -0.2) is 9.59 Å². The molecule has 0 unspecified atom stereocenters. The highest BCUT2D eigenvalue weighted by Crippen LogP contribution is 2.28. The first-order valence-corrected chi connectivity index (χ1v) is 19.2. The Balaban J connectivity index is 1.01. The van der Waals surface area contributed by atoms with Crippen LogP contribution in [0.4, 0.5) is 15.3 Å². The molecule has 0 saturated carbocycles. The van der Waals surface area contributed by atoms with E-state index >= 15 is 0 Å². The van der Waals surface area contributed by atoms with E-state index in [0.717, 1.165) is 65.3 Å². The lowest BCUT2D eigenvalue weighted by Crippen LogP contribution is -2.53. The standard InChI is InChI=1S/C44H51N5O5/c1-32-27-36(28-33(2)41(32)53-31-35-13-7-4-8-14-35)29-40(42(50)47-25-23-46(24-26-47)30-34-11-5-3-6-12-34)54-44(52)48-20-18-38(19-21-48)49-22-17-37-15-9-10-16-39(37)45-43(49)51/h3-16,27-28,38,40H,17-26,29-31H2,1-2H3,(H,45,51)/t40-/m1/s1. The third-order valence-electron chi connectivity index (χ3n) is 10.9. The molecular weight excluding hydrogens is 679 g/mol. The third kappa shape index (κ3) is 9.05. The zero-order valence-electron chi connectivity index (χ0n) is 31.4. The van der Waals surface area contributed by atoms with Crippen LogP contribution in [0.3, 0.4) is 0 Å². The summed E-state index contributed by atoms with van der Waals surface area (Å²) in [5.41, 5.74) is 7.17. The molecule has 4 aromatic rings. The summed E-state index contributed by atoms with van der Waals surface area (Å²) in [7, 11) is 0. The van der Waals surface area contributed by atoms with Gasteiger partial charge in [0, 0.05) is 70.5 Å². The predicted molar refractivity (Wildman–Crippen MR) is 209 cm³/mol. The molecule has 1 atom stereocenters. The van der Waals surface area contributed by atoms with Crippen molar-refractivity contribution < 1.29 is 23.9 Å². The molecule has 10 nitrogen and oxygen atoms in total. The predicted octanol–water partition coefficient (Wildman–Crippen LogP) is 6.83. The highest BCUT2D eigenvalue weighted by atomic mass is 16.6. The SMILES string of the molecule is Cc1cc(C[C@@H](OC(=O)N2CCC(N3CCc4ccccc4NC3=O)CC2)C(=O)N2CCN(Cc3ccccc3)CC2)cc(C)c1OCc1ccccc1. The van der Waals surface area contributed by atoms with Gasteiger partial charge in [-0.1, -0.05) is 91.0 Å². The van der Waals surface area contributed by atoms with E-state index in [1.807, 2.05) is 103 Å². The molecule has 0 radical (unpaired) electrons. The first-order valence-electron chi connectivity index (χ1n) is 19.2. The van der Waals surface area contributed by atoms with Crippen LogP contribution in [0.15, 0.2) is 97.1 Å². The van der Waals surface area contributed by atoms with Crippen LogP contribution in [0.1, 0.15) is 46.2 Å². The molecule has 3 aliphatic heterocycles. The number of hydrogen-bond acceptors (Lipinski definition) is 6. The number of benzene rings is 4. The van der Waals surface area contributed by atoms with E-state index in [1.165, 1.54) is 5.56 Å². The second kappa shape index (κ2) is 17.2. The molecule has 54 heavy (non-hydrogen) atoms. The van der Waals surface area contributed by atoms with E-state index < -0.39 is 12.2 Å². The first kappa shape index (κ1) is 37.0. The molecule has 0 spiro atoms. The molecule has 0 bridgehead atoms. The van der Waals surface area contributed by atoms with Gasteiger partial charge in [0.15, 0.2) is 6.10 Å². The first-order chi connectivity index (χ1) is 26.3. The Labute approximate surface area is 318 Å². The Kier molecular flexibility index (Phi) is 11.8. The largest absolute Gasteiger partial charge is 0.488 e. The lowest BCUT2D eigenvalue weighted by atomic mass is 10.00. The van der Waals surface area contributed by atoms with E-state index in [0.29, 0.717) is 52.2 Å². The van der Waals surface area contributed by atoms with Gasteiger partial charge < -0.3 is 29.5 Å². The minimum atomic E-state index is -0.972. The van der Waals surface area contributed by atoms with Crippen LogP contribution >= 0.6 is 0 Å². The van der Waals surface area contributed by atoms with E-state index in [9.17, 15) is 14.4 Å². The van der Waals surface area contributed by atoms with Gasteiger partial charge >= 0.3 is 12.1 Å². The van der Waals surface area contributed by atoms with Crippen LogP contribution in [0.2, 0.25) is 0 Å². The fraction of sp³-hybridized carbons (Fsp3) is 0.386. The minimum absolute atomic E-state index is 0.0153. The molecule has 7 rings (SSSR count). The second-order valence-electron chi connectivity index (χ2n) is 14.7. The summed E-state index contributed by atoms with van der Waals surface area (Å²) in [4.78, 5) is 49.0. The van der Waals surface area contributed by atoms with E-state index in [-0.39, 0.29) is 24.4 Å². The maximum Gasteiger partial charge on any atom is 0.410 e. The lowest BCUT2D eigenvalue weighted by Gasteiger charge is -2.38. The van der Waals surface area contributed by atoms with Crippen LogP contribution in [-0.2, 0) is 35.5 Å². The van der Waals surface area contributed by atoms with Crippen molar-refractivity contribution in [3.8, 4) is 5.75 Å². The average Bonchev–Trinajstić information content (AvgIpc) is 3.36. The summed E-state index contributed by atoms with van der Waals surface area (Å²) in [5, 5.41) is 3.07. The Hall–Kier alpha value is -5.35. The van der Waals surface area contributed by atoms with Crippen molar-refractivity contribution in [3.05, 3.63) is 130 Å². The van der Waals surface area contributed by atoms with E-state index in [2.05, 4.69) is 28.4 Å². The molecule has 0 aliphatic carbocycles. The van der Waals surface area contributed by atoms with Crippen LogP contribution in [0.25, 0.3) is 0 Å². The summed E-state index contributed by atoms with van der Waals surface area (Å²) in [6.45, 7) is 9.47. The number of para-hydroxylation sites is 1. The minimum Gasteiger partial charge on any atom is -0.488 e. The maximum atomic E-state index is 14.2. The monoisotopic (exact) mass is 729 g/mol. The molecule has 4 aromatic carbocycles. The Morgan fingerprint density at radius 1 is 0.741 bits per heavy atom. The number of carbonyl (C=O) groups is 3. The fourth-order valence-electron chi connectivity index (χ4n) is 7.97. The number of ether oxygens (including phenoxy) is 2. The van der Waals surface area contributed by atoms with Crippen LogP contribution in [-0.4, -0.2) is 95.6 Å². The van der Waals surface area contributed by atoms with Gasteiger partial charge in [0.1, 0.15) is 12.4 Å². The second-order valence-corrected chi connectivity index (χ2v) is 14.7. The number of carbonyl (C=O) groups excluding carboxylic acids is 3. The Morgan fingerprint density at radius 3 is 2.06 bits per heavy atom. The molecule has 2 fully saturated rings. The van der Waals surface area contributed by atoms with Crippen LogP contribution < -0.4 is 10.1 Å². The number of fused-ring (bicyclic) bond motifs is 1. The van der Waals surface area contributed by atoms with Crippen molar-refractivity contribution >= 4 is 23.7 Å². The number of nitrogens with one attached hydrogen (secondary N) is 1. The van der Waals surface area contributed by atoms with Crippen LogP contribution in [0, 0.1) is 13.8 Å². The number of rotatable bonds is 10. The zero-order chi connectivity index (χ0) is 37.4. The van der Waals surface area contributed by atoms with Crippen molar-refractivity contribution in [1.82, 2.24) is 19.6 Å². The number of piperidine rings is 1. The van der Waals surface area contributed by atoms with E-state index in [1.54, 1.807) is 4.90 Å². The van der Waals surface area contributed by atoms with Gasteiger partial charge in [0.2, 0.25) is 0 Å². The quantitative estimate of drug-likeness (QED) is 0.193. The summed E-state index contributed by atoms with van der Waals surface area (Å²) in [6.07, 6.45) is 0.869. The molecule has 1 N–H and O–H groups in total. The fourth-order valence-corrected chi connectivity index (χ4v) is 7.97. The third-order valence-corrected chi connectivity index (χ3v) is 10.9. The summed E-state index contributed by atoms with van der Waals surface area (Å²) in [6, 6.07) is 32.3. The topological polar surface area (TPSA) is 94.7 Å². The number of aryl methyl sites for hydroxylation is 2. The number of urea groups is 1. The van der Waals surface area contributed by atoms with Gasteiger partial charge in [-0.15, -0.1) is 0 Å². The van der Waals surface area contributed by atoms with Crippen LogP contribution in [0.5, 0.6) is 5.75 Å². The van der Waals surface area contributed by atoms with Gasteiger partial charge in [0.25, 0.3) is 5.91 Å². The van der Waals surface area contributed by atoms with Crippen molar-refractivity contribution in [2.75, 3.05) is 51.1 Å². The van der Waals surface area contributed by atoms with E-state index in [4.69, 9.17) is 9.47 Å². The van der Waals surface area contributed by atoms with Gasteiger partial charge in [-0.2, -0.15) is 0 Å². The molecular formula is C44H51N5O5. The lowest BCUT2D eigenvalue weighted by molar-refractivity contribution is -0.142. The number of nitrogens with zero attached hydrogens (tertiary/aromatic N) is 4. The summed E-state index contributed by atoms with van der Waals surface area (Å²) < 4.78 is 12.4. The number of likely N-dealkylation sites (tertiary alicyclic amines) is 1. The smallest absolute Gasteiger partial charge is 0.410 e. The molecule has 0 aromatic heterocycles. The number of piperazine rings is 1. The van der Waals surface area contributed by atoms with Crippen molar-refractivity contribution in [2.24, 2.45) is 0 Å². The summed E-state index contributed by atoms with van der Waals surface area (Å²) >= 11 is 0. The Bertz CT molecular complexity index is 1880.